The molecule has 1 fully saturated rings. The standard InChI is InChI=1S/C14H17N3O3S/c1-7-15-9-4-8(10(17(19)20)5-11(9)21-7)16-12-6-13(18)14(12,2)3/h4-5,12-13,16,18H,6H2,1-3H3. The number of hydrogen-bond donors (Lipinski definition) is 2. The van der Waals surface area contributed by atoms with Crippen LogP contribution in [-0.4, -0.2) is 27.2 Å². The van der Waals surface area contributed by atoms with Gasteiger partial charge in [0.2, 0.25) is 0 Å². The summed E-state index contributed by atoms with van der Waals surface area (Å²) in [4.78, 5) is 15.3. The van der Waals surface area contributed by atoms with Crippen LogP contribution in [0.2, 0.25) is 0 Å². The van der Waals surface area contributed by atoms with Crippen molar-refractivity contribution < 1.29 is 10.0 Å². The minimum atomic E-state index is -0.376. The van der Waals surface area contributed by atoms with Crippen LogP contribution in [0.4, 0.5) is 11.4 Å². The Morgan fingerprint density at radius 3 is 2.81 bits per heavy atom. The number of rotatable bonds is 3. The molecule has 2 atom stereocenters. The second kappa shape index (κ2) is 4.64. The van der Waals surface area contributed by atoms with E-state index in [0.29, 0.717) is 12.1 Å². The number of hydrogen-bond acceptors (Lipinski definition) is 6. The number of aromatic nitrogens is 1. The molecule has 0 saturated heterocycles. The monoisotopic (exact) mass is 307 g/mol. The average molecular weight is 307 g/mol. The van der Waals surface area contributed by atoms with Crippen LogP contribution in [-0.2, 0) is 0 Å². The molecule has 0 amide bonds. The molecule has 0 bridgehead atoms. The highest BCUT2D eigenvalue weighted by molar-refractivity contribution is 7.18. The first-order valence-corrected chi connectivity index (χ1v) is 7.61. The molecule has 112 valence electrons. The molecule has 0 aliphatic heterocycles. The maximum absolute atomic E-state index is 11.3. The lowest BCUT2D eigenvalue weighted by molar-refractivity contribution is -0.383. The molecule has 2 N–H and O–H groups in total. The molecule has 0 radical (unpaired) electrons. The molecule has 1 aromatic carbocycles. The third-order valence-electron chi connectivity index (χ3n) is 4.36. The van der Waals surface area contributed by atoms with E-state index in [1.165, 1.54) is 11.3 Å². The minimum absolute atomic E-state index is 0.0170. The van der Waals surface area contributed by atoms with E-state index >= 15 is 0 Å². The molecule has 1 aromatic heterocycles. The molecule has 1 aliphatic rings. The van der Waals surface area contributed by atoms with Gasteiger partial charge in [-0.25, -0.2) is 4.98 Å². The molecular weight excluding hydrogens is 290 g/mol. The smallest absolute Gasteiger partial charge is 0.293 e. The fourth-order valence-electron chi connectivity index (χ4n) is 2.68. The molecule has 1 aliphatic carbocycles. The average Bonchev–Trinajstić information content (AvgIpc) is 2.76. The molecular formula is C14H17N3O3S. The van der Waals surface area contributed by atoms with Crippen LogP contribution < -0.4 is 5.32 Å². The highest BCUT2D eigenvalue weighted by atomic mass is 32.1. The molecule has 21 heavy (non-hydrogen) atoms. The number of anilines is 1. The van der Waals surface area contributed by atoms with Crippen LogP contribution in [0.5, 0.6) is 0 Å². The number of aryl methyl sites for hydroxylation is 1. The highest BCUT2D eigenvalue weighted by Gasteiger charge is 2.47. The van der Waals surface area contributed by atoms with Gasteiger partial charge in [0.1, 0.15) is 5.69 Å². The van der Waals surface area contributed by atoms with Crippen LogP contribution in [0.3, 0.4) is 0 Å². The zero-order valence-electron chi connectivity index (χ0n) is 12.1. The van der Waals surface area contributed by atoms with E-state index in [-0.39, 0.29) is 28.2 Å². The lowest BCUT2D eigenvalue weighted by atomic mass is 9.64. The zero-order valence-corrected chi connectivity index (χ0v) is 12.9. The molecule has 6 nitrogen and oxygen atoms in total. The first-order chi connectivity index (χ1) is 9.79. The summed E-state index contributed by atoms with van der Waals surface area (Å²) < 4.78 is 0.817. The number of fused-ring (bicyclic) bond motifs is 1. The van der Waals surface area contributed by atoms with Gasteiger partial charge in [-0.2, -0.15) is 0 Å². The summed E-state index contributed by atoms with van der Waals surface area (Å²) in [5.74, 6) is 0. The van der Waals surface area contributed by atoms with E-state index in [9.17, 15) is 15.2 Å². The minimum Gasteiger partial charge on any atom is -0.392 e. The van der Waals surface area contributed by atoms with Crippen molar-refractivity contribution in [3.63, 3.8) is 0 Å². The number of nitrogens with one attached hydrogen (secondary N) is 1. The van der Waals surface area contributed by atoms with Gasteiger partial charge in [0.05, 0.1) is 26.3 Å². The van der Waals surface area contributed by atoms with E-state index in [1.54, 1.807) is 12.1 Å². The van der Waals surface area contributed by atoms with Crippen LogP contribution in [0.1, 0.15) is 25.3 Å². The SMILES string of the molecule is Cc1nc2cc(NC3CC(O)C3(C)C)c([N+](=O)[O-])cc2s1. The molecule has 1 heterocycles. The maximum atomic E-state index is 11.3. The van der Waals surface area contributed by atoms with E-state index in [2.05, 4.69) is 10.3 Å². The van der Waals surface area contributed by atoms with Crippen molar-refractivity contribution >= 4 is 32.9 Å². The Kier molecular flexibility index (Phi) is 3.14. The number of nitro groups is 1. The van der Waals surface area contributed by atoms with Crippen molar-refractivity contribution in [3.05, 3.63) is 27.3 Å². The summed E-state index contributed by atoms with van der Waals surface area (Å²) >= 11 is 1.45. The first kappa shape index (κ1) is 14.2. The van der Waals surface area contributed by atoms with Crippen molar-refractivity contribution in [1.82, 2.24) is 4.98 Å². The summed E-state index contributed by atoms with van der Waals surface area (Å²) in [5, 5.41) is 25.2. The van der Waals surface area contributed by atoms with Crippen LogP contribution in [0.25, 0.3) is 10.2 Å². The normalized spacial score (nSPS) is 23.8. The van der Waals surface area contributed by atoms with Crippen molar-refractivity contribution in [1.29, 1.82) is 0 Å². The van der Waals surface area contributed by atoms with Crippen LogP contribution in [0.15, 0.2) is 12.1 Å². The molecule has 2 unspecified atom stereocenters. The predicted octanol–water partition coefficient (Wildman–Crippen LogP) is 3.08. The second-order valence-corrected chi connectivity index (χ2v) is 7.33. The largest absolute Gasteiger partial charge is 0.392 e. The van der Waals surface area contributed by atoms with Crippen molar-refractivity contribution in [3.8, 4) is 0 Å². The van der Waals surface area contributed by atoms with Crippen molar-refractivity contribution in [2.45, 2.75) is 39.3 Å². The lowest BCUT2D eigenvalue weighted by Crippen LogP contribution is -2.56. The summed E-state index contributed by atoms with van der Waals surface area (Å²) in [5.41, 5.74) is 1.01. The summed E-state index contributed by atoms with van der Waals surface area (Å²) in [6, 6.07) is 3.32. The Balaban J connectivity index is 2.00. The van der Waals surface area contributed by atoms with Crippen molar-refractivity contribution in [2.75, 3.05) is 5.32 Å². The predicted molar refractivity (Wildman–Crippen MR) is 82.8 cm³/mol. The van der Waals surface area contributed by atoms with E-state index in [0.717, 1.165) is 15.2 Å². The molecule has 2 aromatic rings. The van der Waals surface area contributed by atoms with Gasteiger partial charge in [-0.1, -0.05) is 13.8 Å². The maximum Gasteiger partial charge on any atom is 0.293 e. The number of nitrogens with zero attached hydrogens (tertiary/aromatic N) is 2. The Bertz CT molecular complexity index is 726. The van der Waals surface area contributed by atoms with Crippen LogP contribution >= 0.6 is 11.3 Å². The number of aliphatic hydroxyl groups is 1. The number of benzene rings is 1. The lowest BCUT2D eigenvalue weighted by Gasteiger charge is -2.49. The third-order valence-corrected chi connectivity index (χ3v) is 5.29. The van der Waals surface area contributed by atoms with E-state index < -0.39 is 0 Å². The Morgan fingerprint density at radius 1 is 1.52 bits per heavy atom. The Hall–Kier alpha value is -1.73. The van der Waals surface area contributed by atoms with Crippen LogP contribution in [0, 0.1) is 22.5 Å². The van der Waals surface area contributed by atoms with Gasteiger partial charge in [-0.05, 0) is 19.4 Å². The fourth-order valence-corrected chi connectivity index (χ4v) is 3.52. The highest BCUT2D eigenvalue weighted by Crippen LogP contribution is 2.44. The third kappa shape index (κ3) is 2.26. The van der Waals surface area contributed by atoms with E-state index in [4.69, 9.17) is 0 Å². The Labute approximate surface area is 126 Å². The molecule has 7 heteroatoms. The number of aliphatic hydroxyl groups excluding tert-OH is 1. The van der Waals surface area contributed by atoms with Gasteiger partial charge in [-0.3, -0.25) is 10.1 Å². The number of nitro benzene ring substituents is 1. The zero-order chi connectivity index (χ0) is 15.4. The van der Waals surface area contributed by atoms with Crippen molar-refractivity contribution in [2.24, 2.45) is 5.41 Å². The number of thiazole rings is 1. The van der Waals surface area contributed by atoms with Gasteiger partial charge in [0.15, 0.2) is 0 Å². The summed E-state index contributed by atoms with van der Waals surface area (Å²) in [6.07, 6.45) is 0.220. The Morgan fingerprint density at radius 2 is 2.24 bits per heavy atom. The first-order valence-electron chi connectivity index (χ1n) is 6.79. The molecule has 0 spiro atoms. The van der Waals surface area contributed by atoms with Gasteiger partial charge < -0.3 is 10.4 Å². The molecule has 3 rings (SSSR count). The van der Waals surface area contributed by atoms with Gasteiger partial charge in [-0.15, -0.1) is 11.3 Å². The fraction of sp³-hybridized carbons (Fsp3) is 0.500. The quantitative estimate of drug-likeness (QED) is 0.672. The summed E-state index contributed by atoms with van der Waals surface area (Å²) in [7, 11) is 0. The van der Waals surface area contributed by atoms with Gasteiger partial charge in [0, 0.05) is 17.5 Å². The topological polar surface area (TPSA) is 88.3 Å². The van der Waals surface area contributed by atoms with Gasteiger partial charge in [0.25, 0.3) is 5.69 Å². The second-order valence-electron chi connectivity index (χ2n) is 6.10. The molecule has 1 saturated carbocycles. The summed E-state index contributed by atoms with van der Waals surface area (Å²) in [6.45, 7) is 5.79. The van der Waals surface area contributed by atoms with Gasteiger partial charge >= 0.3 is 0 Å². The van der Waals surface area contributed by atoms with E-state index in [1.807, 2.05) is 20.8 Å².